The minimum absolute atomic E-state index is 0.103. The number of ether oxygens (including phenoxy) is 3. The van der Waals surface area contributed by atoms with Crippen molar-refractivity contribution < 1.29 is 23.4 Å². The number of carbonyl (C=O) groups is 1. The maximum atomic E-state index is 15.6. The van der Waals surface area contributed by atoms with E-state index in [1.807, 2.05) is 52.8 Å². The third-order valence-corrected chi connectivity index (χ3v) is 6.76. The molecule has 9 heteroatoms. The van der Waals surface area contributed by atoms with E-state index in [9.17, 15) is 9.59 Å². The van der Waals surface area contributed by atoms with Crippen molar-refractivity contribution in [2.45, 2.75) is 86.2 Å². The molecule has 1 heterocycles. The SMILES string of the molecule is CCC[C@@H](C)Oc1cc(-n2nc(C(C)OC(C)OCC)n(C)c2=O)c(F)cc1C(=O)Cc1c(C)cccc1C. The molecular formula is C30H40FN3O5. The molecule has 0 spiro atoms. The Morgan fingerprint density at radius 1 is 1.10 bits per heavy atom. The van der Waals surface area contributed by atoms with Gasteiger partial charge >= 0.3 is 5.69 Å². The lowest BCUT2D eigenvalue weighted by molar-refractivity contribution is -0.156. The molecule has 3 rings (SSSR count). The van der Waals surface area contributed by atoms with E-state index >= 15 is 4.39 Å². The number of ketones is 1. The van der Waals surface area contributed by atoms with Crippen LogP contribution < -0.4 is 10.4 Å². The van der Waals surface area contributed by atoms with Crippen molar-refractivity contribution >= 4 is 5.78 Å². The van der Waals surface area contributed by atoms with E-state index < -0.39 is 23.9 Å². The minimum Gasteiger partial charge on any atom is -0.490 e. The Morgan fingerprint density at radius 2 is 1.77 bits per heavy atom. The predicted molar refractivity (Wildman–Crippen MR) is 148 cm³/mol. The summed E-state index contributed by atoms with van der Waals surface area (Å²) in [5, 5.41) is 4.38. The van der Waals surface area contributed by atoms with Gasteiger partial charge in [-0.15, -0.1) is 5.10 Å². The second-order valence-electron chi connectivity index (χ2n) is 9.90. The van der Waals surface area contributed by atoms with Crippen LogP contribution in [0.3, 0.4) is 0 Å². The van der Waals surface area contributed by atoms with Gasteiger partial charge in [-0.1, -0.05) is 31.5 Å². The first-order valence-corrected chi connectivity index (χ1v) is 13.5. The van der Waals surface area contributed by atoms with Crippen LogP contribution >= 0.6 is 0 Å². The summed E-state index contributed by atoms with van der Waals surface area (Å²) in [6.07, 6.45) is 0.414. The van der Waals surface area contributed by atoms with Gasteiger partial charge in [0.25, 0.3) is 0 Å². The predicted octanol–water partition coefficient (Wildman–Crippen LogP) is 5.78. The standard InChI is InChI=1S/C30H40FN3O5/c1-9-12-20(5)38-28-17-26(34-30(36)33(8)29(32-34)21(6)39-22(7)37-10-2)25(31)15-24(28)27(35)16-23-18(3)13-11-14-19(23)4/h11,13-15,17,20-22H,9-10,12,16H2,1-8H3/t20-,21?,22?/m1/s1. The number of carbonyl (C=O) groups excluding carboxylic acids is 1. The number of hydrogen-bond donors (Lipinski definition) is 0. The monoisotopic (exact) mass is 541 g/mol. The molecule has 0 saturated heterocycles. The summed E-state index contributed by atoms with van der Waals surface area (Å²) in [6.45, 7) is 13.7. The minimum atomic E-state index is -0.752. The van der Waals surface area contributed by atoms with E-state index in [1.54, 1.807) is 20.9 Å². The Kier molecular flexibility index (Phi) is 10.2. The average molecular weight is 542 g/mol. The summed E-state index contributed by atoms with van der Waals surface area (Å²) in [5.41, 5.74) is 2.36. The van der Waals surface area contributed by atoms with E-state index in [4.69, 9.17) is 14.2 Å². The first-order chi connectivity index (χ1) is 18.5. The lowest BCUT2D eigenvalue weighted by Gasteiger charge is -2.19. The number of nitrogens with zero attached hydrogens (tertiary/aromatic N) is 3. The third kappa shape index (κ3) is 7.02. The van der Waals surface area contributed by atoms with Crippen LogP contribution in [-0.4, -0.2) is 39.1 Å². The molecule has 2 aromatic carbocycles. The zero-order valence-electron chi connectivity index (χ0n) is 24.2. The molecule has 0 fully saturated rings. The van der Waals surface area contributed by atoms with Crippen LogP contribution in [0.1, 0.15) is 86.4 Å². The fourth-order valence-corrected chi connectivity index (χ4v) is 4.67. The van der Waals surface area contributed by atoms with Crippen molar-refractivity contribution in [1.82, 2.24) is 14.3 Å². The highest BCUT2D eigenvalue weighted by Gasteiger charge is 2.25. The molecule has 8 nitrogen and oxygen atoms in total. The van der Waals surface area contributed by atoms with Gasteiger partial charge in [-0.25, -0.2) is 9.18 Å². The molecule has 0 radical (unpaired) electrons. The van der Waals surface area contributed by atoms with Crippen molar-refractivity contribution in [3.63, 3.8) is 0 Å². The summed E-state index contributed by atoms with van der Waals surface area (Å²) in [7, 11) is 1.55. The summed E-state index contributed by atoms with van der Waals surface area (Å²) in [5.74, 6) is -0.490. The van der Waals surface area contributed by atoms with Crippen LogP contribution in [0.4, 0.5) is 4.39 Å². The topological polar surface area (TPSA) is 84.6 Å². The van der Waals surface area contributed by atoms with Gasteiger partial charge in [0.05, 0.1) is 11.7 Å². The molecule has 0 aliphatic carbocycles. The molecule has 0 aliphatic heterocycles. The van der Waals surface area contributed by atoms with Crippen molar-refractivity contribution in [1.29, 1.82) is 0 Å². The summed E-state index contributed by atoms with van der Waals surface area (Å²) < 4.78 is 35.3. The van der Waals surface area contributed by atoms with E-state index in [0.29, 0.717) is 12.4 Å². The molecule has 3 aromatic rings. The second-order valence-corrected chi connectivity index (χ2v) is 9.90. The molecule has 39 heavy (non-hydrogen) atoms. The number of aryl methyl sites for hydroxylation is 2. The van der Waals surface area contributed by atoms with Crippen LogP contribution in [0.5, 0.6) is 5.75 Å². The lowest BCUT2D eigenvalue weighted by atomic mass is 9.95. The number of aromatic nitrogens is 3. The van der Waals surface area contributed by atoms with Gasteiger partial charge in [0.2, 0.25) is 0 Å². The fourth-order valence-electron chi connectivity index (χ4n) is 4.67. The highest BCUT2D eigenvalue weighted by Crippen LogP contribution is 2.29. The van der Waals surface area contributed by atoms with Gasteiger partial charge in [-0.2, -0.15) is 4.68 Å². The van der Waals surface area contributed by atoms with Gasteiger partial charge in [0.1, 0.15) is 23.4 Å². The number of Topliss-reactive ketones (excluding diaryl/α,β-unsaturated/α-hetero) is 1. The highest BCUT2D eigenvalue weighted by molar-refractivity contribution is 6.00. The van der Waals surface area contributed by atoms with E-state index in [1.165, 1.54) is 10.6 Å². The summed E-state index contributed by atoms with van der Waals surface area (Å²) >= 11 is 0. The van der Waals surface area contributed by atoms with Crippen LogP contribution in [0, 0.1) is 19.7 Å². The normalized spacial score (nSPS) is 13.8. The van der Waals surface area contributed by atoms with E-state index in [-0.39, 0.29) is 35.3 Å². The molecule has 0 bridgehead atoms. The molecule has 3 atom stereocenters. The van der Waals surface area contributed by atoms with Gasteiger partial charge in [0.15, 0.2) is 17.9 Å². The smallest absolute Gasteiger partial charge is 0.350 e. The van der Waals surface area contributed by atoms with Crippen LogP contribution in [0.25, 0.3) is 5.69 Å². The van der Waals surface area contributed by atoms with Gasteiger partial charge in [-0.3, -0.25) is 9.36 Å². The molecule has 0 saturated carbocycles. The van der Waals surface area contributed by atoms with E-state index in [0.717, 1.165) is 40.3 Å². The van der Waals surface area contributed by atoms with Crippen molar-refractivity contribution in [2.75, 3.05) is 6.61 Å². The summed E-state index contributed by atoms with van der Waals surface area (Å²) in [4.78, 5) is 26.6. The van der Waals surface area contributed by atoms with Gasteiger partial charge < -0.3 is 14.2 Å². The Labute approximate surface area is 229 Å². The third-order valence-electron chi connectivity index (χ3n) is 6.76. The second kappa shape index (κ2) is 13.2. The number of hydrogen-bond acceptors (Lipinski definition) is 6. The average Bonchev–Trinajstić information content (AvgIpc) is 3.16. The molecule has 0 amide bonds. The molecule has 212 valence electrons. The number of halogens is 1. The first-order valence-electron chi connectivity index (χ1n) is 13.5. The van der Waals surface area contributed by atoms with Crippen molar-refractivity contribution in [2.24, 2.45) is 7.05 Å². The molecule has 0 aliphatic rings. The maximum Gasteiger partial charge on any atom is 0.350 e. The lowest BCUT2D eigenvalue weighted by Crippen LogP contribution is -2.24. The van der Waals surface area contributed by atoms with Gasteiger partial charge in [-0.05, 0) is 70.7 Å². The Morgan fingerprint density at radius 3 is 2.38 bits per heavy atom. The van der Waals surface area contributed by atoms with Gasteiger partial charge in [0, 0.05) is 26.1 Å². The highest BCUT2D eigenvalue weighted by atomic mass is 19.1. The molecule has 1 aromatic heterocycles. The van der Waals surface area contributed by atoms with E-state index in [2.05, 4.69) is 5.10 Å². The van der Waals surface area contributed by atoms with Crippen LogP contribution in [-0.2, 0) is 22.9 Å². The maximum absolute atomic E-state index is 15.6. The first kappa shape index (κ1) is 30.2. The Hall–Kier alpha value is -3.30. The Bertz CT molecular complexity index is 1340. The van der Waals surface area contributed by atoms with Crippen molar-refractivity contribution in [3.8, 4) is 11.4 Å². The molecule has 0 N–H and O–H groups in total. The quantitative estimate of drug-likeness (QED) is 0.201. The molecular weight excluding hydrogens is 501 g/mol. The zero-order chi connectivity index (χ0) is 28.9. The fraction of sp³-hybridized carbons (Fsp3) is 0.500. The summed E-state index contributed by atoms with van der Waals surface area (Å²) in [6, 6.07) is 8.38. The number of rotatable bonds is 13. The van der Waals surface area contributed by atoms with Crippen LogP contribution in [0.2, 0.25) is 0 Å². The zero-order valence-corrected chi connectivity index (χ0v) is 24.2. The van der Waals surface area contributed by atoms with Crippen molar-refractivity contribution in [3.05, 3.63) is 74.7 Å². The number of benzene rings is 2. The molecule has 2 unspecified atom stereocenters. The Balaban J connectivity index is 2.06. The largest absolute Gasteiger partial charge is 0.490 e. The van der Waals surface area contributed by atoms with Crippen LogP contribution in [0.15, 0.2) is 35.1 Å².